The largest absolute Gasteiger partial charge is 0.462 e. The molecule has 1 aromatic rings. The first kappa shape index (κ1) is 23.4. The first-order chi connectivity index (χ1) is 14.1. The summed E-state index contributed by atoms with van der Waals surface area (Å²) in [5.74, 6) is -2.91. The number of benzene rings is 1. The molecule has 0 bridgehead atoms. The highest BCUT2D eigenvalue weighted by Gasteiger charge is 2.37. The Kier molecular flexibility index (Phi) is 7.97. The third kappa shape index (κ3) is 6.57. The van der Waals surface area contributed by atoms with Crippen LogP contribution < -0.4 is 5.32 Å². The second-order valence-electron chi connectivity index (χ2n) is 8.29. The Morgan fingerprint density at radius 2 is 1.80 bits per heavy atom. The van der Waals surface area contributed by atoms with E-state index in [9.17, 15) is 19.2 Å². The second-order valence-corrected chi connectivity index (χ2v) is 8.29. The van der Waals surface area contributed by atoms with E-state index in [0.717, 1.165) is 19.1 Å². The minimum absolute atomic E-state index is 0.249. The molecule has 1 aliphatic heterocycles. The van der Waals surface area contributed by atoms with Crippen molar-refractivity contribution in [1.29, 1.82) is 0 Å². The van der Waals surface area contributed by atoms with E-state index in [1.165, 1.54) is 4.90 Å². The zero-order valence-electron chi connectivity index (χ0n) is 18.0. The van der Waals surface area contributed by atoms with Crippen LogP contribution in [0.25, 0.3) is 0 Å². The van der Waals surface area contributed by atoms with E-state index in [0.29, 0.717) is 12.8 Å². The minimum atomic E-state index is -1.01. The number of carbonyl (C=O) groups excluding carboxylic acids is 4. The maximum atomic E-state index is 13.0. The van der Waals surface area contributed by atoms with E-state index in [4.69, 9.17) is 4.74 Å². The molecule has 1 fully saturated rings. The molecule has 1 aliphatic rings. The summed E-state index contributed by atoms with van der Waals surface area (Å²) in [6, 6.07) is 7.52. The summed E-state index contributed by atoms with van der Waals surface area (Å²) in [6.07, 6.45) is 2.07. The fourth-order valence-corrected chi connectivity index (χ4v) is 3.34. The minimum Gasteiger partial charge on any atom is -0.462 e. The van der Waals surface area contributed by atoms with Gasteiger partial charge in [0.25, 0.3) is 0 Å². The van der Waals surface area contributed by atoms with E-state index in [-0.39, 0.29) is 13.0 Å². The van der Waals surface area contributed by atoms with Gasteiger partial charge in [0.05, 0.1) is 7.11 Å². The van der Waals surface area contributed by atoms with E-state index in [2.05, 4.69) is 10.1 Å². The van der Waals surface area contributed by atoms with E-state index < -0.39 is 41.4 Å². The lowest BCUT2D eigenvalue weighted by molar-refractivity contribution is -0.162. The second kappa shape index (κ2) is 10.2. The molecule has 30 heavy (non-hydrogen) atoms. The fourth-order valence-electron chi connectivity index (χ4n) is 3.34. The number of rotatable bonds is 5. The number of nitrogens with zero attached hydrogens (tertiary/aromatic N) is 1. The van der Waals surface area contributed by atoms with Crippen LogP contribution in [0.2, 0.25) is 0 Å². The predicted molar refractivity (Wildman–Crippen MR) is 109 cm³/mol. The molecular weight excluding hydrogens is 388 g/mol. The number of hydrogen-bond donors (Lipinski definition) is 1. The van der Waals surface area contributed by atoms with Gasteiger partial charge in [-0.25, -0.2) is 9.59 Å². The van der Waals surface area contributed by atoms with Gasteiger partial charge in [-0.15, -0.1) is 0 Å². The normalized spacial score (nSPS) is 17.6. The molecule has 1 saturated heterocycles. The van der Waals surface area contributed by atoms with E-state index >= 15 is 0 Å². The third-order valence-corrected chi connectivity index (χ3v) is 4.72. The third-order valence-electron chi connectivity index (χ3n) is 4.72. The number of methoxy groups -OCH3 is 1. The fraction of sp³-hybridized carbons (Fsp3) is 0.545. The first-order valence-electron chi connectivity index (χ1n) is 10.1. The molecule has 8 nitrogen and oxygen atoms in total. The lowest BCUT2D eigenvalue weighted by Crippen LogP contribution is -2.57. The summed E-state index contributed by atoms with van der Waals surface area (Å²) in [5.41, 5.74) is 0.147. The zero-order chi connectivity index (χ0) is 22.3. The highest BCUT2D eigenvalue weighted by Crippen LogP contribution is 2.19. The maximum Gasteiger partial charge on any atom is 0.396 e. The molecule has 0 unspecified atom stereocenters. The smallest absolute Gasteiger partial charge is 0.396 e. The van der Waals surface area contributed by atoms with Crippen LogP contribution in [-0.4, -0.2) is 60.0 Å². The zero-order valence-corrected chi connectivity index (χ0v) is 18.0. The highest BCUT2D eigenvalue weighted by atomic mass is 16.6. The van der Waals surface area contributed by atoms with Crippen molar-refractivity contribution in [2.24, 2.45) is 0 Å². The Morgan fingerprint density at radius 1 is 1.13 bits per heavy atom. The molecule has 0 aromatic heterocycles. The van der Waals surface area contributed by atoms with Crippen LogP contribution in [-0.2, 0) is 35.1 Å². The molecular formula is C22H30N2O6. The quantitative estimate of drug-likeness (QED) is 0.576. The number of nitrogens with one attached hydrogen (secondary N) is 1. The van der Waals surface area contributed by atoms with Gasteiger partial charge in [0.15, 0.2) is 0 Å². The Bertz CT molecular complexity index is 772. The van der Waals surface area contributed by atoms with Crippen molar-refractivity contribution in [1.82, 2.24) is 10.2 Å². The van der Waals surface area contributed by atoms with Gasteiger partial charge in [0, 0.05) is 13.0 Å². The topological polar surface area (TPSA) is 102 Å². The number of esters is 2. The molecule has 0 radical (unpaired) electrons. The summed E-state index contributed by atoms with van der Waals surface area (Å²) in [4.78, 5) is 51.0. The average Bonchev–Trinajstić information content (AvgIpc) is 2.71. The van der Waals surface area contributed by atoms with Crippen molar-refractivity contribution in [2.75, 3.05) is 13.7 Å². The van der Waals surface area contributed by atoms with Gasteiger partial charge in [0.1, 0.15) is 17.7 Å². The number of amides is 2. The summed E-state index contributed by atoms with van der Waals surface area (Å²) >= 11 is 0. The standard InChI is InChI=1S/C22H30N2O6/c1-22(2,3)30-20(27)16(14-15-10-6-5-7-11-15)23-18(25)17-12-8-9-13-24(17)19(26)21(28)29-4/h5-7,10-11,16-17H,8-9,12-14H2,1-4H3,(H,23,25)/t16-,17-/m0/s1. The molecule has 1 aromatic carbocycles. The highest BCUT2D eigenvalue weighted by molar-refractivity contribution is 6.32. The molecule has 2 amide bonds. The van der Waals surface area contributed by atoms with Gasteiger partial charge in [-0.2, -0.15) is 0 Å². The Morgan fingerprint density at radius 3 is 2.40 bits per heavy atom. The van der Waals surface area contributed by atoms with Gasteiger partial charge in [-0.3, -0.25) is 9.59 Å². The van der Waals surface area contributed by atoms with Gasteiger partial charge in [-0.1, -0.05) is 30.3 Å². The van der Waals surface area contributed by atoms with Crippen LogP contribution in [0.5, 0.6) is 0 Å². The number of piperidine rings is 1. The van der Waals surface area contributed by atoms with Crippen LogP contribution in [0.3, 0.4) is 0 Å². The van der Waals surface area contributed by atoms with Crippen molar-refractivity contribution < 1.29 is 28.7 Å². The number of hydrogen-bond acceptors (Lipinski definition) is 6. The van der Waals surface area contributed by atoms with Gasteiger partial charge < -0.3 is 19.7 Å². The van der Waals surface area contributed by atoms with Crippen molar-refractivity contribution >= 4 is 23.8 Å². The van der Waals surface area contributed by atoms with Crippen molar-refractivity contribution in [3.8, 4) is 0 Å². The van der Waals surface area contributed by atoms with Crippen molar-refractivity contribution in [2.45, 2.75) is 64.1 Å². The van der Waals surface area contributed by atoms with Crippen LogP contribution in [0.15, 0.2) is 30.3 Å². The summed E-state index contributed by atoms with van der Waals surface area (Å²) in [5, 5.41) is 2.74. The van der Waals surface area contributed by atoms with Crippen LogP contribution >= 0.6 is 0 Å². The maximum absolute atomic E-state index is 13.0. The Hall–Kier alpha value is -2.90. The molecule has 0 aliphatic carbocycles. The lowest BCUT2D eigenvalue weighted by Gasteiger charge is -2.34. The van der Waals surface area contributed by atoms with Gasteiger partial charge >= 0.3 is 17.8 Å². The Balaban J connectivity index is 2.19. The average molecular weight is 418 g/mol. The molecule has 1 heterocycles. The van der Waals surface area contributed by atoms with Crippen molar-refractivity contribution in [3.05, 3.63) is 35.9 Å². The van der Waals surface area contributed by atoms with Crippen LogP contribution in [0.4, 0.5) is 0 Å². The van der Waals surface area contributed by atoms with E-state index in [1.807, 2.05) is 30.3 Å². The van der Waals surface area contributed by atoms with Crippen molar-refractivity contribution in [3.63, 3.8) is 0 Å². The summed E-state index contributed by atoms with van der Waals surface area (Å²) in [6.45, 7) is 5.54. The van der Waals surface area contributed by atoms with Gasteiger partial charge in [0.2, 0.25) is 5.91 Å². The monoisotopic (exact) mass is 418 g/mol. The summed E-state index contributed by atoms with van der Waals surface area (Å²) < 4.78 is 9.99. The lowest BCUT2D eigenvalue weighted by atomic mass is 9.99. The molecule has 2 rings (SSSR count). The first-order valence-corrected chi connectivity index (χ1v) is 10.1. The SMILES string of the molecule is COC(=O)C(=O)N1CCCC[C@H]1C(=O)N[C@@H](Cc1ccccc1)C(=O)OC(C)(C)C. The number of ether oxygens (including phenoxy) is 2. The molecule has 164 valence electrons. The number of carbonyl (C=O) groups is 4. The van der Waals surface area contributed by atoms with E-state index in [1.54, 1.807) is 20.8 Å². The predicted octanol–water partition coefficient (Wildman–Crippen LogP) is 1.61. The molecule has 0 saturated carbocycles. The molecule has 2 atom stereocenters. The molecule has 0 spiro atoms. The summed E-state index contributed by atoms with van der Waals surface area (Å²) in [7, 11) is 1.12. The molecule has 8 heteroatoms. The molecule has 1 N–H and O–H groups in total. The number of likely N-dealkylation sites (tertiary alicyclic amines) is 1. The van der Waals surface area contributed by atoms with Gasteiger partial charge in [-0.05, 0) is 45.6 Å². The van der Waals surface area contributed by atoms with Crippen LogP contribution in [0, 0.1) is 0 Å². The van der Waals surface area contributed by atoms with Crippen LogP contribution in [0.1, 0.15) is 45.6 Å². The Labute approximate surface area is 176 Å².